The molecule has 0 saturated carbocycles. The molecule has 0 bridgehead atoms. The Morgan fingerprint density at radius 1 is 0.641 bits per heavy atom. The average Bonchev–Trinajstić information content (AvgIpc) is 2.90. The Hall–Kier alpha value is -1.63. The zero-order valence-electron chi connectivity index (χ0n) is 25.5. The minimum absolute atomic E-state index is 0.0457. The van der Waals surface area contributed by atoms with Crippen LogP contribution in [-0.4, -0.2) is 41.6 Å². The van der Waals surface area contributed by atoms with Gasteiger partial charge in [0.2, 0.25) is 5.91 Å². The number of carboxylic acid groups (broad SMARTS) is 1. The Morgan fingerprint density at radius 2 is 1.15 bits per heavy atom. The fourth-order valence-corrected chi connectivity index (χ4v) is 4.97. The van der Waals surface area contributed by atoms with E-state index in [0.717, 1.165) is 44.9 Å². The summed E-state index contributed by atoms with van der Waals surface area (Å²) in [5, 5.41) is 11.8. The van der Waals surface area contributed by atoms with Gasteiger partial charge in [0.15, 0.2) is 0 Å². The molecule has 0 spiro atoms. The zero-order chi connectivity index (χ0) is 29.0. The van der Waals surface area contributed by atoms with Crippen LogP contribution in [0.5, 0.6) is 0 Å². The topological polar surface area (TPSA) is 119 Å². The first-order valence-electron chi connectivity index (χ1n) is 16.4. The van der Waals surface area contributed by atoms with E-state index in [1.807, 2.05) is 0 Å². The van der Waals surface area contributed by atoms with E-state index in [1.54, 1.807) is 0 Å². The van der Waals surface area contributed by atoms with Crippen LogP contribution in [0.4, 0.5) is 0 Å². The molecular formula is C32H62N2O5. The third-order valence-corrected chi connectivity index (χ3v) is 7.40. The number of carbonyl (C=O) groups is 3. The van der Waals surface area contributed by atoms with Gasteiger partial charge in [-0.15, -0.1) is 0 Å². The monoisotopic (exact) mass is 554 g/mol. The lowest BCUT2D eigenvalue weighted by Crippen LogP contribution is -2.40. The van der Waals surface area contributed by atoms with Crippen LogP contribution in [-0.2, 0) is 19.1 Å². The number of hydrogen-bond acceptors (Lipinski definition) is 5. The number of aliphatic carboxylic acids is 1. The van der Waals surface area contributed by atoms with E-state index in [2.05, 4.69) is 19.2 Å². The van der Waals surface area contributed by atoms with Crippen molar-refractivity contribution in [2.24, 2.45) is 5.73 Å². The summed E-state index contributed by atoms with van der Waals surface area (Å²) in [5.74, 6) is -1.33. The largest absolute Gasteiger partial charge is 0.480 e. The Balaban J connectivity index is 3.80. The molecule has 4 N–H and O–H groups in total. The second-order valence-electron chi connectivity index (χ2n) is 11.2. The predicted octanol–water partition coefficient (Wildman–Crippen LogP) is 7.83. The number of nitrogens with one attached hydrogen (secondary N) is 1. The number of nitrogens with two attached hydrogens (primary N) is 1. The third-order valence-electron chi connectivity index (χ3n) is 7.40. The van der Waals surface area contributed by atoms with Gasteiger partial charge in [-0.25, -0.2) is 4.79 Å². The Bertz CT molecular complexity index is 599. The molecule has 0 rings (SSSR count). The number of unbranched alkanes of at least 4 members (excludes halogenated alkanes) is 15. The van der Waals surface area contributed by atoms with Crippen molar-refractivity contribution in [2.75, 3.05) is 6.54 Å². The molecule has 7 heteroatoms. The van der Waals surface area contributed by atoms with Crippen molar-refractivity contribution >= 4 is 17.8 Å². The van der Waals surface area contributed by atoms with E-state index in [1.165, 1.54) is 77.0 Å². The molecule has 1 amide bonds. The molecular weight excluding hydrogens is 492 g/mol. The first-order valence-corrected chi connectivity index (χ1v) is 16.4. The molecule has 7 nitrogen and oxygen atoms in total. The smallest absolute Gasteiger partial charge is 0.326 e. The van der Waals surface area contributed by atoms with Crippen molar-refractivity contribution in [1.29, 1.82) is 0 Å². The van der Waals surface area contributed by atoms with Gasteiger partial charge >= 0.3 is 11.9 Å². The molecule has 0 aromatic heterocycles. The summed E-state index contributed by atoms with van der Waals surface area (Å²) < 4.78 is 5.75. The highest BCUT2D eigenvalue weighted by Gasteiger charge is 2.19. The molecule has 0 aliphatic rings. The summed E-state index contributed by atoms with van der Waals surface area (Å²) in [6.45, 7) is 4.77. The van der Waals surface area contributed by atoms with E-state index in [0.29, 0.717) is 38.6 Å². The van der Waals surface area contributed by atoms with Gasteiger partial charge in [0.05, 0.1) is 0 Å². The Morgan fingerprint density at radius 3 is 1.67 bits per heavy atom. The summed E-state index contributed by atoms with van der Waals surface area (Å²) >= 11 is 0. The fraction of sp³-hybridized carbons (Fsp3) is 0.906. The lowest BCUT2D eigenvalue weighted by atomic mass is 10.0. The van der Waals surface area contributed by atoms with Crippen molar-refractivity contribution < 1.29 is 24.2 Å². The highest BCUT2D eigenvalue weighted by atomic mass is 16.5. The minimum Gasteiger partial charge on any atom is -0.480 e. The summed E-state index contributed by atoms with van der Waals surface area (Å²) in [7, 11) is 0. The van der Waals surface area contributed by atoms with Gasteiger partial charge in [-0.2, -0.15) is 0 Å². The van der Waals surface area contributed by atoms with Gasteiger partial charge in [-0.1, -0.05) is 110 Å². The lowest BCUT2D eigenvalue weighted by molar-refractivity contribution is -0.150. The van der Waals surface area contributed by atoms with Gasteiger partial charge in [-0.3, -0.25) is 9.59 Å². The number of carboxylic acids is 1. The lowest BCUT2D eigenvalue weighted by Gasteiger charge is -2.17. The summed E-state index contributed by atoms with van der Waals surface area (Å²) in [5.41, 5.74) is 5.43. The second-order valence-corrected chi connectivity index (χ2v) is 11.2. The second kappa shape index (κ2) is 27.9. The first kappa shape index (κ1) is 37.4. The van der Waals surface area contributed by atoms with Gasteiger partial charge in [-0.05, 0) is 51.5 Å². The summed E-state index contributed by atoms with van der Waals surface area (Å²) in [6, 6.07) is -0.867. The highest BCUT2D eigenvalue weighted by Crippen LogP contribution is 2.16. The normalized spacial score (nSPS) is 12.7. The summed E-state index contributed by atoms with van der Waals surface area (Å²) in [4.78, 5) is 35.6. The van der Waals surface area contributed by atoms with Crippen molar-refractivity contribution in [3.05, 3.63) is 0 Å². The van der Waals surface area contributed by atoms with Gasteiger partial charge < -0.3 is 20.9 Å². The Labute approximate surface area is 239 Å². The zero-order valence-corrected chi connectivity index (χ0v) is 25.5. The van der Waals surface area contributed by atoms with E-state index < -0.39 is 12.0 Å². The van der Waals surface area contributed by atoms with E-state index in [9.17, 15) is 19.5 Å². The average molecular weight is 555 g/mol. The van der Waals surface area contributed by atoms with E-state index in [-0.39, 0.29) is 18.0 Å². The third kappa shape index (κ3) is 25.1. The van der Waals surface area contributed by atoms with Gasteiger partial charge in [0.25, 0.3) is 0 Å². The molecule has 0 aliphatic carbocycles. The molecule has 0 radical (unpaired) electrons. The molecule has 2 unspecified atom stereocenters. The van der Waals surface area contributed by atoms with Crippen LogP contribution < -0.4 is 11.1 Å². The van der Waals surface area contributed by atoms with Crippen LogP contribution in [0.3, 0.4) is 0 Å². The number of rotatable bonds is 29. The maximum Gasteiger partial charge on any atom is 0.326 e. The van der Waals surface area contributed by atoms with Crippen molar-refractivity contribution in [3.8, 4) is 0 Å². The van der Waals surface area contributed by atoms with Gasteiger partial charge in [0, 0.05) is 12.8 Å². The van der Waals surface area contributed by atoms with Crippen LogP contribution in [0.25, 0.3) is 0 Å². The molecule has 230 valence electrons. The van der Waals surface area contributed by atoms with Crippen LogP contribution >= 0.6 is 0 Å². The maximum atomic E-state index is 12.3. The number of amides is 1. The van der Waals surface area contributed by atoms with Crippen molar-refractivity contribution in [1.82, 2.24) is 5.32 Å². The van der Waals surface area contributed by atoms with E-state index in [4.69, 9.17) is 10.5 Å². The van der Waals surface area contributed by atoms with Crippen LogP contribution in [0.2, 0.25) is 0 Å². The van der Waals surface area contributed by atoms with Crippen LogP contribution in [0.15, 0.2) is 0 Å². The fourth-order valence-electron chi connectivity index (χ4n) is 4.97. The molecule has 0 aromatic rings. The molecule has 0 fully saturated rings. The molecule has 2 atom stereocenters. The molecule has 0 heterocycles. The number of esters is 1. The Kier molecular flexibility index (Phi) is 26.8. The summed E-state index contributed by atoms with van der Waals surface area (Å²) in [6.07, 6.45) is 25.0. The van der Waals surface area contributed by atoms with Gasteiger partial charge in [0.1, 0.15) is 12.1 Å². The highest BCUT2D eigenvalue weighted by molar-refractivity contribution is 5.83. The molecule has 0 aromatic carbocycles. The van der Waals surface area contributed by atoms with Crippen LogP contribution in [0.1, 0.15) is 168 Å². The van der Waals surface area contributed by atoms with Crippen LogP contribution in [0, 0.1) is 0 Å². The number of carbonyl (C=O) groups excluding carboxylic acids is 2. The quantitative estimate of drug-likeness (QED) is 0.0640. The molecule has 0 saturated heterocycles. The maximum absolute atomic E-state index is 12.3. The SMILES string of the molecule is CCCCCCCCCCCCCCCCC(=O)OC(CCC)CCCCCC(=O)NC(CCCN)C(=O)O. The molecule has 0 aliphatic heterocycles. The standard InChI is InChI=1S/C32H62N2O5/c1-3-5-6-7-8-9-10-11-12-13-14-15-16-20-26-31(36)39-28(22-4-2)23-18-17-19-25-30(35)34-29(32(37)38)24-21-27-33/h28-29H,3-27,33H2,1-2H3,(H,34,35)(H,37,38). The van der Waals surface area contributed by atoms with Crippen molar-refractivity contribution in [3.63, 3.8) is 0 Å². The van der Waals surface area contributed by atoms with E-state index >= 15 is 0 Å². The minimum atomic E-state index is -1.02. The molecule has 39 heavy (non-hydrogen) atoms. The first-order chi connectivity index (χ1) is 18.9. The van der Waals surface area contributed by atoms with Crippen molar-refractivity contribution in [2.45, 2.75) is 180 Å². The predicted molar refractivity (Wildman–Crippen MR) is 161 cm³/mol. The number of ether oxygens (including phenoxy) is 1. The number of hydrogen-bond donors (Lipinski definition) is 3.